The summed E-state index contributed by atoms with van der Waals surface area (Å²) in [7, 11) is -2.33. The van der Waals surface area contributed by atoms with Crippen LogP contribution in [-0.4, -0.2) is 45.4 Å². The first kappa shape index (κ1) is 21.1. The third-order valence-corrected chi connectivity index (χ3v) is 6.48. The third-order valence-electron chi connectivity index (χ3n) is 4.56. The number of hydrogen-bond donors (Lipinski definition) is 1. The highest BCUT2D eigenvalue weighted by Crippen LogP contribution is 2.31. The van der Waals surface area contributed by atoms with Crippen LogP contribution in [-0.2, 0) is 14.8 Å². The van der Waals surface area contributed by atoms with Crippen LogP contribution < -0.4 is 14.8 Å². The van der Waals surface area contributed by atoms with Gasteiger partial charge in [-0.25, -0.2) is 12.8 Å². The van der Waals surface area contributed by atoms with E-state index in [1.807, 2.05) is 0 Å². The van der Waals surface area contributed by atoms with E-state index in [1.165, 1.54) is 47.8 Å². The molecule has 2 aromatic rings. The number of sulfonamides is 1. The number of halogens is 1. The van der Waals surface area contributed by atoms with Gasteiger partial charge in [0.1, 0.15) is 22.2 Å². The molecule has 0 bridgehead atoms. The number of nitrogens with one attached hydrogen (secondary N) is 1. The Morgan fingerprint density at radius 3 is 2.45 bits per heavy atom. The van der Waals surface area contributed by atoms with Crippen LogP contribution in [0.3, 0.4) is 0 Å². The molecule has 7 nitrogen and oxygen atoms in total. The zero-order valence-corrected chi connectivity index (χ0v) is 16.9. The van der Waals surface area contributed by atoms with Crippen LogP contribution in [0.1, 0.15) is 19.3 Å². The van der Waals surface area contributed by atoms with Gasteiger partial charge < -0.3 is 14.8 Å². The van der Waals surface area contributed by atoms with E-state index >= 15 is 0 Å². The highest BCUT2D eigenvalue weighted by molar-refractivity contribution is 7.89. The SMILES string of the molecule is COc1ccc(NC(=O)COc2ccc(F)cc2)cc1S(=O)(=O)N1CCCCC1. The fourth-order valence-electron chi connectivity index (χ4n) is 3.08. The highest BCUT2D eigenvalue weighted by Gasteiger charge is 2.29. The molecule has 1 aliphatic rings. The van der Waals surface area contributed by atoms with E-state index in [4.69, 9.17) is 9.47 Å². The Labute approximate surface area is 169 Å². The molecule has 9 heteroatoms. The lowest BCUT2D eigenvalue weighted by molar-refractivity contribution is -0.118. The maximum Gasteiger partial charge on any atom is 0.262 e. The van der Waals surface area contributed by atoms with Crippen molar-refractivity contribution in [3.63, 3.8) is 0 Å². The van der Waals surface area contributed by atoms with Gasteiger partial charge in [0.25, 0.3) is 5.91 Å². The van der Waals surface area contributed by atoms with E-state index in [2.05, 4.69) is 5.32 Å². The number of carbonyl (C=O) groups excluding carboxylic acids is 1. The normalized spacial score (nSPS) is 15.0. The molecule has 0 unspecified atom stereocenters. The molecule has 2 aromatic carbocycles. The molecule has 0 aromatic heterocycles. The van der Waals surface area contributed by atoms with Crippen molar-refractivity contribution in [3.8, 4) is 11.5 Å². The minimum absolute atomic E-state index is 0.0131. The zero-order valence-electron chi connectivity index (χ0n) is 16.1. The van der Waals surface area contributed by atoms with Crippen molar-refractivity contribution < 1.29 is 27.1 Å². The molecular formula is C20H23FN2O5S. The molecule has 29 heavy (non-hydrogen) atoms. The van der Waals surface area contributed by atoms with Gasteiger partial charge in [-0.2, -0.15) is 4.31 Å². The van der Waals surface area contributed by atoms with E-state index in [0.29, 0.717) is 24.5 Å². The molecule has 1 saturated heterocycles. The summed E-state index contributed by atoms with van der Waals surface area (Å²) >= 11 is 0. The third kappa shape index (κ3) is 5.24. The van der Waals surface area contributed by atoms with Crippen LogP contribution >= 0.6 is 0 Å². The minimum atomic E-state index is -3.73. The van der Waals surface area contributed by atoms with Gasteiger partial charge in [-0.15, -0.1) is 0 Å². The average molecular weight is 422 g/mol. The smallest absolute Gasteiger partial charge is 0.262 e. The van der Waals surface area contributed by atoms with Gasteiger partial charge in [0.15, 0.2) is 6.61 Å². The van der Waals surface area contributed by atoms with E-state index in [1.54, 1.807) is 6.07 Å². The second-order valence-electron chi connectivity index (χ2n) is 6.62. The lowest BCUT2D eigenvalue weighted by atomic mass is 10.2. The van der Waals surface area contributed by atoms with Gasteiger partial charge in [-0.1, -0.05) is 6.42 Å². The maximum absolute atomic E-state index is 13.0. The zero-order chi connectivity index (χ0) is 20.9. The quantitative estimate of drug-likeness (QED) is 0.741. The first-order valence-corrected chi connectivity index (χ1v) is 10.7. The fourth-order valence-corrected chi connectivity index (χ4v) is 4.78. The summed E-state index contributed by atoms with van der Waals surface area (Å²) in [5, 5.41) is 2.61. The molecule has 156 valence electrons. The average Bonchev–Trinajstić information content (AvgIpc) is 2.74. The summed E-state index contributed by atoms with van der Waals surface area (Å²) < 4.78 is 50.9. The number of rotatable bonds is 7. The van der Waals surface area contributed by atoms with Crippen molar-refractivity contribution >= 4 is 21.6 Å². The van der Waals surface area contributed by atoms with E-state index in [-0.39, 0.29) is 17.3 Å². The van der Waals surface area contributed by atoms with Crippen LogP contribution in [0.15, 0.2) is 47.4 Å². The molecular weight excluding hydrogens is 399 g/mol. The highest BCUT2D eigenvalue weighted by atomic mass is 32.2. The Morgan fingerprint density at radius 1 is 1.10 bits per heavy atom. The van der Waals surface area contributed by atoms with Crippen molar-refractivity contribution in [1.82, 2.24) is 4.31 Å². The number of methoxy groups -OCH3 is 1. The predicted molar refractivity (Wildman–Crippen MR) is 106 cm³/mol. The molecule has 1 aliphatic heterocycles. The second-order valence-corrected chi connectivity index (χ2v) is 8.53. The minimum Gasteiger partial charge on any atom is -0.495 e. The monoisotopic (exact) mass is 422 g/mol. The summed E-state index contributed by atoms with van der Waals surface area (Å²) in [5.74, 6) is -0.302. The predicted octanol–water partition coefficient (Wildman–Crippen LogP) is 3.03. The van der Waals surface area contributed by atoms with Crippen molar-refractivity contribution in [2.75, 3.05) is 32.1 Å². The van der Waals surface area contributed by atoms with Crippen molar-refractivity contribution in [3.05, 3.63) is 48.3 Å². The van der Waals surface area contributed by atoms with E-state index < -0.39 is 21.7 Å². The molecule has 0 saturated carbocycles. The Bertz CT molecular complexity index is 957. The molecule has 1 N–H and O–H groups in total. The first-order chi connectivity index (χ1) is 13.9. The number of nitrogens with zero attached hydrogens (tertiary/aromatic N) is 1. The molecule has 1 amide bonds. The summed E-state index contributed by atoms with van der Waals surface area (Å²) in [5.41, 5.74) is 0.314. The lowest BCUT2D eigenvalue weighted by Crippen LogP contribution is -2.35. The van der Waals surface area contributed by atoms with Crippen LogP contribution in [0.4, 0.5) is 10.1 Å². The fraction of sp³-hybridized carbons (Fsp3) is 0.350. The van der Waals surface area contributed by atoms with Gasteiger partial charge >= 0.3 is 0 Å². The number of hydrogen-bond acceptors (Lipinski definition) is 5. The Kier molecular flexibility index (Phi) is 6.71. The molecule has 0 radical (unpaired) electrons. The molecule has 1 fully saturated rings. The number of ether oxygens (including phenoxy) is 2. The van der Waals surface area contributed by atoms with Crippen LogP contribution in [0.25, 0.3) is 0 Å². The molecule has 0 spiro atoms. The second kappa shape index (κ2) is 9.23. The maximum atomic E-state index is 13.0. The Hall–Kier alpha value is -2.65. The van der Waals surface area contributed by atoms with Crippen molar-refractivity contribution in [1.29, 1.82) is 0 Å². The van der Waals surface area contributed by atoms with Gasteiger partial charge in [0.05, 0.1) is 7.11 Å². The van der Waals surface area contributed by atoms with Crippen molar-refractivity contribution in [2.24, 2.45) is 0 Å². The first-order valence-electron chi connectivity index (χ1n) is 9.26. The summed E-state index contributed by atoms with van der Waals surface area (Å²) in [6.45, 7) is 0.632. The number of carbonyl (C=O) groups is 1. The standard InChI is InChI=1S/C20H23FN2O5S/c1-27-18-10-7-16(13-19(18)29(25,26)23-11-3-2-4-12-23)22-20(24)14-28-17-8-5-15(21)6-9-17/h5-10,13H,2-4,11-12,14H2,1H3,(H,22,24). The van der Waals surface area contributed by atoms with E-state index in [0.717, 1.165) is 19.3 Å². The van der Waals surface area contributed by atoms with Crippen LogP contribution in [0.2, 0.25) is 0 Å². The Balaban J connectivity index is 1.72. The van der Waals surface area contributed by atoms with Crippen molar-refractivity contribution in [2.45, 2.75) is 24.2 Å². The van der Waals surface area contributed by atoms with Crippen LogP contribution in [0.5, 0.6) is 11.5 Å². The summed E-state index contributed by atoms with van der Waals surface area (Å²) in [6, 6.07) is 9.75. The van der Waals surface area contributed by atoms with Gasteiger partial charge in [-0.05, 0) is 55.3 Å². The lowest BCUT2D eigenvalue weighted by Gasteiger charge is -2.26. The molecule has 0 atom stereocenters. The molecule has 3 rings (SSSR count). The number of benzene rings is 2. The van der Waals surface area contributed by atoms with Gasteiger partial charge in [0, 0.05) is 18.8 Å². The summed E-state index contributed by atoms with van der Waals surface area (Å²) in [4.78, 5) is 12.2. The molecule has 0 aliphatic carbocycles. The largest absolute Gasteiger partial charge is 0.495 e. The van der Waals surface area contributed by atoms with Gasteiger partial charge in [-0.3, -0.25) is 4.79 Å². The van der Waals surface area contributed by atoms with Crippen LogP contribution in [0, 0.1) is 5.82 Å². The van der Waals surface area contributed by atoms with E-state index in [9.17, 15) is 17.6 Å². The number of amides is 1. The number of anilines is 1. The molecule has 1 heterocycles. The Morgan fingerprint density at radius 2 is 1.79 bits per heavy atom. The number of piperidine rings is 1. The topological polar surface area (TPSA) is 84.9 Å². The van der Waals surface area contributed by atoms with Gasteiger partial charge in [0.2, 0.25) is 10.0 Å². The summed E-state index contributed by atoms with van der Waals surface area (Å²) in [6.07, 6.45) is 2.64.